The maximum absolute atomic E-state index is 12.5. The highest BCUT2D eigenvalue weighted by molar-refractivity contribution is 5.90. The summed E-state index contributed by atoms with van der Waals surface area (Å²) in [6.45, 7) is 4.80. The number of pyridine rings is 1. The number of hydrogen-bond acceptors (Lipinski definition) is 6. The van der Waals surface area contributed by atoms with Gasteiger partial charge in [0.05, 0.1) is 12.2 Å². The first kappa shape index (κ1) is 17.1. The van der Waals surface area contributed by atoms with Crippen LogP contribution in [-0.2, 0) is 18.3 Å². The molecule has 2 aromatic heterocycles. The first-order chi connectivity index (χ1) is 12.6. The maximum Gasteiger partial charge on any atom is 0.293 e. The van der Waals surface area contributed by atoms with Crippen molar-refractivity contribution in [2.24, 2.45) is 7.05 Å². The topological polar surface area (TPSA) is 76.4 Å². The molecule has 2 aliphatic heterocycles. The Hall–Kier alpha value is -2.32. The summed E-state index contributed by atoms with van der Waals surface area (Å²) in [6.07, 6.45) is 6.96. The van der Waals surface area contributed by atoms with Crippen molar-refractivity contribution < 1.29 is 9.53 Å². The molecule has 0 atom stereocenters. The van der Waals surface area contributed by atoms with E-state index in [1.807, 2.05) is 17.2 Å². The Labute approximate surface area is 152 Å². The van der Waals surface area contributed by atoms with Crippen molar-refractivity contribution >= 4 is 5.91 Å². The molecule has 26 heavy (non-hydrogen) atoms. The lowest BCUT2D eigenvalue weighted by molar-refractivity contribution is -0.134. The second-order valence-corrected chi connectivity index (χ2v) is 7.14. The SMILES string of the molecule is Cn1cnc(C(=O)N2CCC3(CC2)CN(Cc2cccnc2)CCO3)n1. The van der Waals surface area contributed by atoms with Crippen LogP contribution in [0.15, 0.2) is 30.9 Å². The zero-order valence-electron chi connectivity index (χ0n) is 15.0. The van der Waals surface area contributed by atoms with Crippen LogP contribution in [0, 0.1) is 0 Å². The molecule has 8 nitrogen and oxygen atoms in total. The van der Waals surface area contributed by atoms with Crippen molar-refractivity contribution in [2.75, 3.05) is 32.8 Å². The van der Waals surface area contributed by atoms with Crippen molar-refractivity contribution in [2.45, 2.75) is 25.0 Å². The van der Waals surface area contributed by atoms with Crippen molar-refractivity contribution in [1.82, 2.24) is 29.5 Å². The second-order valence-electron chi connectivity index (χ2n) is 7.14. The van der Waals surface area contributed by atoms with Gasteiger partial charge in [0.25, 0.3) is 5.91 Å². The van der Waals surface area contributed by atoms with E-state index in [2.05, 4.69) is 26.0 Å². The molecule has 2 fully saturated rings. The lowest BCUT2D eigenvalue weighted by Gasteiger charge is -2.47. The molecule has 0 aromatic carbocycles. The van der Waals surface area contributed by atoms with E-state index in [1.54, 1.807) is 24.3 Å². The van der Waals surface area contributed by atoms with Gasteiger partial charge >= 0.3 is 0 Å². The number of aryl methyl sites for hydroxylation is 1. The van der Waals surface area contributed by atoms with E-state index in [0.29, 0.717) is 13.1 Å². The lowest BCUT2D eigenvalue weighted by atomic mass is 9.89. The fourth-order valence-corrected chi connectivity index (χ4v) is 3.81. The molecule has 0 saturated carbocycles. The zero-order valence-corrected chi connectivity index (χ0v) is 15.0. The van der Waals surface area contributed by atoms with Gasteiger partial charge in [0.2, 0.25) is 5.82 Å². The normalized spacial score (nSPS) is 20.4. The van der Waals surface area contributed by atoms with E-state index in [9.17, 15) is 4.79 Å². The Balaban J connectivity index is 1.36. The third kappa shape index (κ3) is 3.61. The van der Waals surface area contributed by atoms with Gasteiger partial charge in [0, 0.05) is 52.2 Å². The van der Waals surface area contributed by atoms with Crippen LogP contribution >= 0.6 is 0 Å². The molecule has 0 unspecified atom stereocenters. The number of carbonyl (C=O) groups is 1. The van der Waals surface area contributed by atoms with Crippen LogP contribution in [0.1, 0.15) is 29.0 Å². The van der Waals surface area contributed by atoms with Gasteiger partial charge in [-0.05, 0) is 24.5 Å². The molecule has 0 aliphatic carbocycles. The van der Waals surface area contributed by atoms with Crippen molar-refractivity contribution in [3.63, 3.8) is 0 Å². The fourth-order valence-electron chi connectivity index (χ4n) is 3.81. The Morgan fingerprint density at radius 3 is 2.85 bits per heavy atom. The van der Waals surface area contributed by atoms with Gasteiger partial charge in [-0.1, -0.05) is 6.07 Å². The molecular weight excluding hydrogens is 332 g/mol. The van der Waals surface area contributed by atoms with E-state index in [0.717, 1.165) is 39.1 Å². The number of ether oxygens (including phenoxy) is 1. The minimum absolute atomic E-state index is 0.0940. The average molecular weight is 356 g/mol. The summed E-state index contributed by atoms with van der Waals surface area (Å²) in [4.78, 5) is 25.1. The fraction of sp³-hybridized carbons (Fsp3) is 0.556. The summed E-state index contributed by atoms with van der Waals surface area (Å²) >= 11 is 0. The number of morpholine rings is 1. The molecule has 0 radical (unpaired) electrons. The van der Waals surface area contributed by atoms with Gasteiger partial charge in [-0.2, -0.15) is 0 Å². The molecule has 138 valence electrons. The van der Waals surface area contributed by atoms with Gasteiger partial charge in [-0.3, -0.25) is 19.4 Å². The quantitative estimate of drug-likeness (QED) is 0.806. The number of nitrogens with zero attached hydrogens (tertiary/aromatic N) is 6. The second kappa shape index (κ2) is 7.13. The standard InChI is InChI=1S/C18H24N6O2/c1-22-14-20-16(21-22)17(25)24-7-4-18(5-8-24)13-23(9-10-26-18)12-15-3-2-6-19-11-15/h2-3,6,11,14H,4-5,7-10,12-13H2,1H3. The molecule has 8 heteroatoms. The smallest absolute Gasteiger partial charge is 0.293 e. The minimum atomic E-state index is -0.158. The summed E-state index contributed by atoms with van der Waals surface area (Å²) < 4.78 is 7.74. The molecular formula is C18H24N6O2. The van der Waals surface area contributed by atoms with Crippen LogP contribution in [0.3, 0.4) is 0 Å². The largest absolute Gasteiger partial charge is 0.372 e. The molecule has 1 spiro atoms. The van der Waals surface area contributed by atoms with Crippen LogP contribution in [0.25, 0.3) is 0 Å². The highest BCUT2D eigenvalue weighted by atomic mass is 16.5. The summed E-state index contributed by atoms with van der Waals surface area (Å²) in [5, 5.41) is 4.12. The van der Waals surface area contributed by atoms with Crippen LogP contribution in [0.2, 0.25) is 0 Å². The average Bonchev–Trinajstić information content (AvgIpc) is 3.09. The van der Waals surface area contributed by atoms with E-state index in [4.69, 9.17) is 4.74 Å². The van der Waals surface area contributed by atoms with Gasteiger partial charge in [0.1, 0.15) is 6.33 Å². The number of aromatic nitrogens is 4. The third-order valence-electron chi connectivity index (χ3n) is 5.21. The Kier molecular flexibility index (Phi) is 4.69. The van der Waals surface area contributed by atoms with Crippen LogP contribution in [0.5, 0.6) is 0 Å². The van der Waals surface area contributed by atoms with Gasteiger partial charge < -0.3 is 9.64 Å². The number of hydrogen-bond donors (Lipinski definition) is 0. The predicted molar refractivity (Wildman–Crippen MR) is 94.3 cm³/mol. The van der Waals surface area contributed by atoms with Crippen molar-refractivity contribution in [3.8, 4) is 0 Å². The van der Waals surface area contributed by atoms with Gasteiger partial charge in [0.15, 0.2) is 0 Å². The summed E-state index contributed by atoms with van der Waals surface area (Å²) in [5.41, 5.74) is 1.06. The summed E-state index contributed by atoms with van der Waals surface area (Å²) in [5.74, 6) is 0.176. The third-order valence-corrected chi connectivity index (χ3v) is 5.21. The first-order valence-corrected chi connectivity index (χ1v) is 9.04. The Morgan fingerprint density at radius 1 is 1.31 bits per heavy atom. The summed E-state index contributed by atoms with van der Waals surface area (Å²) in [7, 11) is 1.77. The van der Waals surface area contributed by atoms with E-state index in [1.165, 1.54) is 5.56 Å². The number of rotatable bonds is 3. The van der Waals surface area contributed by atoms with Gasteiger partial charge in [-0.25, -0.2) is 4.98 Å². The molecule has 4 rings (SSSR count). The number of carbonyl (C=O) groups excluding carboxylic acids is 1. The van der Waals surface area contributed by atoms with Crippen molar-refractivity contribution in [1.29, 1.82) is 0 Å². The van der Waals surface area contributed by atoms with Gasteiger partial charge in [-0.15, -0.1) is 5.10 Å². The van der Waals surface area contributed by atoms with Crippen LogP contribution < -0.4 is 0 Å². The van der Waals surface area contributed by atoms with Crippen molar-refractivity contribution in [3.05, 3.63) is 42.2 Å². The summed E-state index contributed by atoms with van der Waals surface area (Å²) in [6, 6.07) is 4.08. The Bertz CT molecular complexity index is 754. The molecule has 0 bridgehead atoms. The van der Waals surface area contributed by atoms with E-state index < -0.39 is 0 Å². The lowest BCUT2D eigenvalue weighted by Crippen LogP contribution is -2.57. The molecule has 2 aromatic rings. The molecule has 2 saturated heterocycles. The minimum Gasteiger partial charge on any atom is -0.372 e. The number of amides is 1. The van der Waals surface area contributed by atoms with E-state index >= 15 is 0 Å². The zero-order chi connectivity index (χ0) is 18.0. The highest BCUT2D eigenvalue weighted by Gasteiger charge is 2.41. The number of likely N-dealkylation sites (tertiary alicyclic amines) is 1. The first-order valence-electron chi connectivity index (χ1n) is 9.04. The predicted octanol–water partition coefficient (Wildman–Crippen LogP) is 0.717. The molecule has 4 heterocycles. The van der Waals surface area contributed by atoms with E-state index in [-0.39, 0.29) is 17.3 Å². The van der Waals surface area contributed by atoms with Crippen LogP contribution in [0.4, 0.5) is 0 Å². The molecule has 1 amide bonds. The Morgan fingerprint density at radius 2 is 2.15 bits per heavy atom. The van der Waals surface area contributed by atoms with Crippen LogP contribution in [-0.4, -0.2) is 73.8 Å². The highest BCUT2D eigenvalue weighted by Crippen LogP contribution is 2.31. The molecule has 0 N–H and O–H groups in total. The number of piperidine rings is 1. The molecule has 2 aliphatic rings. The monoisotopic (exact) mass is 356 g/mol. The maximum atomic E-state index is 12.5.